The van der Waals surface area contributed by atoms with Gasteiger partial charge in [-0.25, -0.2) is 9.98 Å². The average molecular weight is 260 g/mol. The number of pyridine rings is 1. The van der Waals surface area contributed by atoms with E-state index in [4.69, 9.17) is 17.3 Å². The number of aliphatic imine (C=N–C) groups is 1. The van der Waals surface area contributed by atoms with Crippen LogP contribution in [-0.2, 0) is 0 Å². The first kappa shape index (κ1) is 12.6. The van der Waals surface area contributed by atoms with Crippen molar-refractivity contribution in [2.75, 3.05) is 5.73 Å². The highest BCUT2D eigenvalue weighted by atomic mass is 35.5. The van der Waals surface area contributed by atoms with Gasteiger partial charge in [0, 0.05) is 17.5 Å². The summed E-state index contributed by atoms with van der Waals surface area (Å²) < 4.78 is 0. The van der Waals surface area contributed by atoms with E-state index in [1.165, 1.54) is 0 Å². The number of nitrogen functional groups attached to an aromatic ring is 1. The Bertz CT molecular complexity index is 606. The highest BCUT2D eigenvalue weighted by Crippen LogP contribution is 2.30. The van der Waals surface area contributed by atoms with Crippen molar-refractivity contribution in [2.24, 2.45) is 4.99 Å². The zero-order chi connectivity index (χ0) is 13.1. The number of nitrogens with two attached hydrogens (primary N) is 1. The second-order valence-corrected chi connectivity index (χ2v) is 4.37. The molecule has 1 heterocycles. The summed E-state index contributed by atoms with van der Waals surface area (Å²) in [7, 11) is 0. The van der Waals surface area contributed by atoms with E-state index in [0.29, 0.717) is 16.5 Å². The lowest BCUT2D eigenvalue weighted by Crippen LogP contribution is -1.90. The van der Waals surface area contributed by atoms with Crippen LogP contribution in [-0.4, -0.2) is 11.2 Å². The largest absolute Gasteiger partial charge is 0.399 e. The molecule has 2 rings (SSSR count). The number of aromatic nitrogens is 1. The zero-order valence-electron chi connectivity index (χ0n) is 10.3. The summed E-state index contributed by atoms with van der Waals surface area (Å²) in [6, 6.07) is 9.26. The van der Waals surface area contributed by atoms with Gasteiger partial charge >= 0.3 is 0 Å². The molecule has 0 fully saturated rings. The molecule has 4 heteroatoms. The van der Waals surface area contributed by atoms with E-state index in [2.05, 4.69) is 9.98 Å². The van der Waals surface area contributed by atoms with Crippen LogP contribution < -0.4 is 5.73 Å². The summed E-state index contributed by atoms with van der Waals surface area (Å²) in [5.41, 5.74) is 9.06. The molecular weight excluding hydrogens is 246 g/mol. The second kappa shape index (κ2) is 5.19. The van der Waals surface area contributed by atoms with Gasteiger partial charge in [-0.05, 0) is 43.7 Å². The Morgan fingerprint density at radius 2 is 2.06 bits per heavy atom. The first-order valence-electron chi connectivity index (χ1n) is 5.63. The third-order valence-electron chi connectivity index (χ3n) is 2.59. The molecule has 0 amide bonds. The summed E-state index contributed by atoms with van der Waals surface area (Å²) in [5, 5.41) is 0.631. The Kier molecular flexibility index (Phi) is 3.63. The van der Waals surface area contributed by atoms with E-state index in [0.717, 1.165) is 16.8 Å². The summed E-state index contributed by atoms with van der Waals surface area (Å²) in [6.07, 6.45) is 1.72. The zero-order valence-corrected chi connectivity index (χ0v) is 11.1. The van der Waals surface area contributed by atoms with Crippen LogP contribution in [0.3, 0.4) is 0 Å². The van der Waals surface area contributed by atoms with Crippen LogP contribution in [0.15, 0.2) is 35.3 Å². The molecule has 2 aromatic rings. The number of rotatable bonds is 2. The van der Waals surface area contributed by atoms with E-state index >= 15 is 0 Å². The monoisotopic (exact) mass is 259 g/mol. The van der Waals surface area contributed by atoms with Crippen molar-refractivity contribution in [1.82, 2.24) is 4.98 Å². The Hall–Kier alpha value is -1.87. The van der Waals surface area contributed by atoms with E-state index in [-0.39, 0.29) is 0 Å². The minimum absolute atomic E-state index is 0.631. The average Bonchev–Trinajstić information content (AvgIpc) is 2.35. The third kappa shape index (κ3) is 2.51. The van der Waals surface area contributed by atoms with Gasteiger partial charge in [-0.1, -0.05) is 17.7 Å². The van der Waals surface area contributed by atoms with Crippen molar-refractivity contribution in [2.45, 2.75) is 13.8 Å². The molecule has 0 aliphatic carbocycles. The highest BCUT2D eigenvalue weighted by molar-refractivity contribution is 6.33. The van der Waals surface area contributed by atoms with Gasteiger partial charge in [0.2, 0.25) is 0 Å². The van der Waals surface area contributed by atoms with Crippen molar-refractivity contribution < 1.29 is 0 Å². The smallest absolute Gasteiger partial charge is 0.155 e. The summed E-state index contributed by atoms with van der Waals surface area (Å²) in [6.45, 7) is 3.83. The van der Waals surface area contributed by atoms with Crippen LogP contribution in [0.1, 0.15) is 12.5 Å². The summed E-state index contributed by atoms with van der Waals surface area (Å²) in [4.78, 5) is 8.73. The maximum absolute atomic E-state index is 6.17. The van der Waals surface area contributed by atoms with Crippen molar-refractivity contribution in [1.29, 1.82) is 0 Å². The topological polar surface area (TPSA) is 51.3 Å². The minimum Gasteiger partial charge on any atom is -0.399 e. The fraction of sp³-hybridized carbons (Fsp3) is 0.143. The normalized spacial score (nSPS) is 11.1. The molecule has 3 nitrogen and oxygen atoms in total. The number of hydrogen-bond acceptors (Lipinski definition) is 3. The standard InChI is InChI=1S/C14H14ClN3/c1-3-17-14-9(2)4-7-13(18-14)11-8-10(16)5-6-12(11)15/h3-8H,16H2,1-2H3. The Balaban J connectivity index is 2.57. The lowest BCUT2D eigenvalue weighted by molar-refractivity contribution is 1.23. The molecule has 0 bridgehead atoms. The molecule has 0 atom stereocenters. The van der Waals surface area contributed by atoms with Crippen molar-refractivity contribution in [3.05, 3.63) is 40.9 Å². The molecule has 0 aliphatic heterocycles. The Morgan fingerprint density at radius 3 is 2.78 bits per heavy atom. The fourth-order valence-corrected chi connectivity index (χ4v) is 1.87. The molecule has 2 N–H and O–H groups in total. The van der Waals surface area contributed by atoms with Crippen LogP contribution >= 0.6 is 11.6 Å². The number of anilines is 1. The predicted octanol–water partition coefficient (Wildman–Crippen LogP) is 4.01. The van der Waals surface area contributed by atoms with Crippen molar-refractivity contribution in [3.63, 3.8) is 0 Å². The molecule has 1 aromatic carbocycles. The molecule has 1 aromatic heterocycles. The van der Waals surface area contributed by atoms with Crippen LogP contribution in [0.5, 0.6) is 0 Å². The quantitative estimate of drug-likeness (QED) is 0.654. The van der Waals surface area contributed by atoms with E-state index < -0.39 is 0 Å². The highest BCUT2D eigenvalue weighted by Gasteiger charge is 2.07. The van der Waals surface area contributed by atoms with Gasteiger partial charge in [0.05, 0.1) is 10.7 Å². The lowest BCUT2D eigenvalue weighted by Gasteiger charge is -2.07. The van der Waals surface area contributed by atoms with Crippen LogP contribution in [0, 0.1) is 6.92 Å². The van der Waals surface area contributed by atoms with E-state index in [1.807, 2.05) is 32.0 Å². The van der Waals surface area contributed by atoms with Crippen LogP contribution in [0.4, 0.5) is 11.5 Å². The van der Waals surface area contributed by atoms with E-state index in [1.54, 1.807) is 18.3 Å². The van der Waals surface area contributed by atoms with Gasteiger partial charge in [-0.2, -0.15) is 0 Å². The molecule has 0 saturated heterocycles. The van der Waals surface area contributed by atoms with Gasteiger partial charge < -0.3 is 5.73 Å². The van der Waals surface area contributed by atoms with Gasteiger partial charge in [-0.15, -0.1) is 0 Å². The molecule has 0 spiro atoms. The molecule has 0 unspecified atom stereocenters. The number of nitrogens with zero attached hydrogens (tertiary/aromatic N) is 2. The third-order valence-corrected chi connectivity index (χ3v) is 2.92. The number of hydrogen-bond donors (Lipinski definition) is 1. The first-order valence-corrected chi connectivity index (χ1v) is 6.01. The Labute approximate surface area is 111 Å². The number of benzene rings is 1. The SMILES string of the molecule is CC=Nc1nc(-c2cc(N)ccc2Cl)ccc1C. The molecule has 0 radical (unpaired) electrons. The minimum atomic E-state index is 0.631. The van der Waals surface area contributed by atoms with Gasteiger partial charge in [0.15, 0.2) is 5.82 Å². The second-order valence-electron chi connectivity index (χ2n) is 3.96. The van der Waals surface area contributed by atoms with Crippen LogP contribution in [0.2, 0.25) is 5.02 Å². The maximum Gasteiger partial charge on any atom is 0.155 e. The fourth-order valence-electron chi connectivity index (χ4n) is 1.66. The molecule has 92 valence electrons. The maximum atomic E-state index is 6.17. The summed E-state index contributed by atoms with van der Waals surface area (Å²) in [5.74, 6) is 0.702. The van der Waals surface area contributed by atoms with Gasteiger partial charge in [0.25, 0.3) is 0 Å². The first-order chi connectivity index (χ1) is 8.61. The predicted molar refractivity (Wildman–Crippen MR) is 77.7 cm³/mol. The molecule has 18 heavy (non-hydrogen) atoms. The lowest BCUT2D eigenvalue weighted by atomic mass is 10.1. The summed E-state index contributed by atoms with van der Waals surface area (Å²) >= 11 is 6.17. The number of halogens is 1. The van der Waals surface area contributed by atoms with E-state index in [9.17, 15) is 0 Å². The van der Waals surface area contributed by atoms with Crippen molar-refractivity contribution in [3.8, 4) is 11.3 Å². The molecule has 0 aliphatic rings. The Morgan fingerprint density at radius 1 is 1.28 bits per heavy atom. The van der Waals surface area contributed by atoms with Crippen molar-refractivity contribution >= 4 is 29.3 Å². The molecule has 0 saturated carbocycles. The van der Waals surface area contributed by atoms with Gasteiger partial charge in [0.1, 0.15) is 0 Å². The van der Waals surface area contributed by atoms with Crippen LogP contribution in [0.25, 0.3) is 11.3 Å². The molecular formula is C14H14ClN3. The number of aryl methyl sites for hydroxylation is 1. The van der Waals surface area contributed by atoms with Gasteiger partial charge in [-0.3, -0.25) is 0 Å².